The van der Waals surface area contributed by atoms with Crippen LogP contribution in [0.5, 0.6) is 0 Å². The van der Waals surface area contributed by atoms with Gasteiger partial charge < -0.3 is 15.0 Å². The van der Waals surface area contributed by atoms with Crippen molar-refractivity contribution >= 4 is 15.9 Å². The molecular weight excluding hydrogens is 317 g/mol. The topological polar surface area (TPSA) is 74.2 Å². The molecule has 7 heteroatoms. The van der Waals surface area contributed by atoms with Crippen LogP contribution in [0.15, 0.2) is 27.2 Å². The van der Waals surface area contributed by atoms with Crippen molar-refractivity contribution in [1.29, 1.82) is 0 Å². The third-order valence-corrected chi connectivity index (χ3v) is 3.13. The van der Waals surface area contributed by atoms with Crippen molar-refractivity contribution in [1.82, 2.24) is 10.1 Å². The Balaban J connectivity index is 2.23. The molecule has 1 heterocycles. The monoisotopic (exact) mass is 329 g/mol. The van der Waals surface area contributed by atoms with Gasteiger partial charge in [0.15, 0.2) is 5.82 Å². The second-order valence-corrected chi connectivity index (χ2v) is 4.70. The lowest BCUT2D eigenvalue weighted by molar-refractivity contribution is 0.130. The minimum absolute atomic E-state index is 0.216. The van der Waals surface area contributed by atoms with E-state index in [1.807, 2.05) is 6.92 Å². The van der Waals surface area contributed by atoms with Gasteiger partial charge in [-0.2, -0.15) is 4.98 Å². The highest BCUT2D eigenvalue weighted by Gasteiger charge is 2.17. The Morgan fingerprint density at radius 2 is 2.32 bits per heavy atom. The van der Waals surface area contributed by atoms with E-state index in [9.17, 15) is 4.39 Å². The van der Waals surface area contributed by atoms with Crippen LogP contribution in [0.4, 0.5) is 4.39 Å². The Hall–Kier alpha value is -1.31. The van der Waals surface area contributed by atoms with Gasteiger partial charge in [-0.3, -0.25) is 0 Å². The molecule has 0 aliphatic rings. The molecule has 1 aromatic carbocycles. The van der Waals surface area contributed by atoms with Crippen LogP contribution in [0.1, 0.15) is 18.8 Å². The molecule has 0 aliphatic heterocycles. The molecule has 0 amide bonds. The molecule has 2 N–H and O–H groups in total. The van der Waals surface area contributed by atoms with E-state index < -0.39 is 6.04 Å². The van der Waals surface area contributed by atoms with Gasteiger partial charge in [-0.15, -0.1) is 0 Å². The maximum Gasteiger partial charge on any atom is 0.259 e. The zero-order chi connectivity index (χ0) is 13.8. The van der Waals surface area contributed by atoms with Gasteiger partial charge in [0.25, 0.3) is 5.89 Å². The van der Waals surface area contributed by atoms with E-state index in [2.05, 4.69) is 26.1 Å². The summed E-state index contributed by atoms with van der Waals surface area (Å²) in [5.74, 6) is 0.171. The molecule has 0 saturated carbocycles. The SMILES string of the molecule is CCOCC(N)c1noc(-c2cc(F)ccc2Br)n1. The van der Waals surface area contributed by atoms with Crippen molar-refractivity contribution in [3.8, 4) is 11.5 Å². The summed E-state index contributed by atoms with van der Waals surface area (Å²) in [6.07, 6.45) is 0. The van der Waals surface area contributed by atoms with Crippen LogP contribution in [-0.2, 0) is 4.74 Å². The standard InChI is InChI=1S/C12H13BrFN3O2/c1-2-18-6-10(15)11-16-12(19-17-11)8-5-7(14)3-4-9(8)13/h3-5,10H,2,6,15H2,1H3. The summed E-state index contributed by atoms with van der Waals surface area (Å²) in [5, 5.41) is 3.78. The van der Waals surface area contributed by atoms with Crippen molar-refractivity contribution < 1.29 is 13.7 Å². The van der Waals surface area contributed by atoms with Gasteiger partial charge in [-0.25, -0.2) is 4.39 Å². The lowest BCUT2D eigenvalue weighted by Crippen LogP contribution is -2.18. The largest absolute Gasteiger partial charge is 0.380 e. The van der Waals surface area contributed by atoms with Crippen LogP contribution in [-0.4, -0.2) is 23.4 Å². The molecule has 2 aromatic rings. The van der Waals surface area contributed by atoms with E-state index in [-0.39, 0.29) is 11.7 Å². The molecule has 2 rings (SSSR count). The molecule has 0 bridgehead atoms. The fraction of sp³-hybridized carbons (Fsp3) is 0.333. The van der Waals surface area contributed by atoms with E-state index in [1.54, 1.807) is 6.07 Å². The first kappa shape index (κ1) is 14.1. The third kappa shape index (κ3) is 3.37. The summed E-state index contributed by atoms with van der Waals surface area (Å²) >= 11 is 3.30. The molecule has 19 heavy (non-hydrogen) atoms. The quantitative estimate of drug-likeness (QED) is 0.912. The van der Waals surface area contributed by atoms with Crippen molar-refractivity contribution in [2.45, 2.75) is 13.0 Å². The number of hydrogen-bond acceptors (Lipinski definition) is 5. The number of benzene rings is 1. The van der Waals surface area contributed by atoms with E-state index in [1.165, 1.54) is 12.1 Å². The summed E-state index contributed by atoms with van der Waals surface area (Å²) < 4.78 is 24.2. The lowest BCUT2D eigenvalue weighted by atomic mass is 10.2. The fourth-order valence-corrected chi connectivity index (χ4v) is 1.89. The van der Waals surface area contributed by atoms with Gasteiger partial charge in [-0.1, -0.05) is 5.16 Å². The molecule has 1 aromatic heterocycles. The summed E-state index contributed by atoms with van der Waals surface area (Å²) in [5.41, 5.74) is 6.33. The zero-order valence-corrected chi connectivity index (χ0v) is 11.9. The van der Waals surface area contributed by atoms with E-state index >= 15 is 0 Å². The highest BCUT2D eigenvalue weighted by molar-refractivity contribution is 9.10. The highest BCUT2D eigenvalue weighted by Crippen LogP contribution is 2.28. The minimum Gasteiger partial charge on any atom is -0.380 e. The van der Waals surface area contributed by atoms with Crippen LogP contribution in [0.3, 0.4) is 0 Å². The van der Waals surface area contributed by atoms with Crippen molar-refractivity contribution in [2.24, 2.45) is 5.73 Å². The average molecular weight is 330 g/mol. The predicted octanol–water partition coefficient (Wildman–Crippen LogP) is 2.67. The summed E-state index contributed by atoms with van der Waals surface area (Å²) in [4.78, 5) is 4.16. The Bertz CT molecular complexity index is 562. The molecule has 1 unspecified atom stereocenters. The maximum atomic E-state index is 13.2. The Labute approximate surface area is 118 Å². The molecule has 5 nitrogen and oxygen atoms in total. The lowest BCUT2D eigenvalue weighted by Gasteiger charge is -2.05. The van der Waals surface area contributed by atoms with Crippen LogP contribution in [0, 0.1) is 5.82 Å². The van der Waals surface area contributed by atoms with E-state index in [4.69, 9.17) is 15.0 Å². The van der Waals surface area contributed by atoms with E-state index in [0.717, 1.165) is 0 Å². The number of nitrogens with two attached hydrogens (primary N) is 1. The van der Waals surface area contributed by atoms with Gasteiger partial charge in [0.2, 0.25) is 0 Å². The molecule has 0 aliphatic carbocycles. The maximum absolute atomic E-state index is 13.2. The predicted molar refractivity (Wildman–Crippen MR) is 70.8 cm³/mol. The normalized spacial score (nSPS) is 12.6. The van der Waals surface area contributed by atoms with Crippen LogP contribution in [0.25, 0.3) is 11.5 Å². The summed E-state index contributed by atoms with van der Waals surface area (Å²) in [6, 6.07) is 3.76. The van der Waals surface area contributed by atoms with Crippen molar-refractivity contribution in [2.75, 3.05) is 13.2 Å². The number of nitrogens with zero attached hydrogens (tertiary/aromatic N) is 2. The highest BCUT2D eigenvalue weighted by atomic mass is 79.9. The van der Waals surface area contributed by atoms with E-state index in [0.29, 0.717) is 29.1 Å². The number of aromatic nitrogens is 2. The van der Waals surface area contributed by atoms with Gasteiger partial charge in [0, 0.05) is 11.1 Å². The van der Waals surface area contributed by atoms with Gasteiger partial charge >= 0.3 is 0 Å². The number of rotatable bonds is 5. The first-order chi connectivity index (χ1) is 9.11. The van der Waals surface area contributed by atoms with Gasteiger partial charge in [0.05, 0.1) is 18.2 Å². The Morgan fingerprint density at radius 3 is 3.05 bits per heavy atom. The Morgan fingerprint density at radius 1 is 1.53 bits per heavy atom. The van der Waals surface area contributed by atoms with Crippen LogP contribution in [0.2, 0.25) is 0 Å². The van der Waals surface area contributed by atoms with Crippen LogP contribution < -0.4 is 5.73 Å². The zero-order valence-electron chi connectivity index (χ0n) is 10.3. The number of hydrogen-bond donors (Lipinski definition) is 1. The number of halogens is 2. The summed E-state index contributed by atoms with van der Waals surface area (Å²) in [6.45, 7) is 2.74. The number of ether oxygens (including phenoxy) is 1. The molecule has 0 radical (unpaired) electrons. The van der Waals surface area contributed by atoms with Crippen molar-refractivity contribution in [3.63, 3.8) is 0 Å². The third-order valence-electron chi connectivity index (χ3n) is 2.43. The Kier molecular flexibility index (Phi) is 4.62. The molecule has 1 atom stereocenters. The van der Waals surface area contributed by atoms with Crippen molar-refractivity contribution in [3.05, 3.63) is 34.3 Å². The second-order valence-electron chi connectivity index (χ2n) is 3.85. The fourth-order valence-electron chi connectivity index (χ4n) is 1.48. The smallest absolute Gasteiger partial charge is 0.259 e. The first-order valence-electron chi connectivity index (χ1n) is 5.74. The molecule has 102 valence electrons. The minimum atomic E-state index is -0.468. The van der Waals surface area contributed by atoms with Crippen LogP contribution >= 0.6 is 15.9 Å². The van der Waals surface area contributed by atoms with Gasteiger partial charge in [0.1, 0.15) is 5.82 Å². The molecule has 0 spiro atoms. The molecule has 0 fully saturated rings. The summed E-state index contributed by atoms with van der Waals surface area (Å²) in [7, 11) is 0. The van der Waals surface area contributed by atoms with Gasteiger partial charge in [-0.05, 0) is 41.1 Å². The average Bonchev–Trinajstić information content (AvgIpc) is 2.88. The molecule has 0 saturated heterocycles. The molecular formula is C12H13BrFN3O2. The second kappa shape index (κ2) is 6.23. The first-order valence-corrected chi connectivity index (χ1v) is 6.53.